The van der Waals surface area contributed by atoms with E-state index in [-0.39, 0.29) is 18.0 Å². The van der Waals surface area contributed by atoms with E-state index in [2.05, 4.69) is 10.3 Å². The number of nitrogens with one attached hydrogen (secondary N) is 2. The van der Waals surface area contributed by atoms with E-state index < -0.39 is 0 Å². The number of nitrogens with two attached hydrogens (primary N) is 2. The van der Waals surface area contributed by atoms with Gasteiger partial charge in [0.2, 0.25) is 5.91 Å². The highest BCUT2D eigenvalue weighted by Crippen LogP contribution is 2.25. The van der Waals surface area contributed by atoms with Crippen molar-refractivity contribution >= 4 is 28.7 Å². The molecule has 0 spiro atoms. The summed E-state index contributed by atoms with van der Waals surface area (Å²) in [5.41, 5.74) is 14.5. The third-order valence-corrected chi connectivity index (χ3v) is 3.42. The number of rotatable bonds is 5. The van der Waals surface area contributed by atoms with Gasteiger partial charge in [-0.2, -0.15) is 0 Å². The average molecular weight is 327 g/mol. The van der Waals surface area contributed by atoms with E-state index in [0.29, 0.717) is 35.1 Å². The number of methoxy groups -OCH3 is 1. The average Bonchev–Trinajstić information content (AvgIpc) is 2.52. The molecule has 6 N–H and O–H groups in total. The van der Waals surface area contributed by atoms with Gasteiger partial charge < -0.3 is 21.5 Å². The van der Waals surface area contributed by atoms with E-state index >= 15 is 0 Å². The fraction of sp³-hybridized carbons (Fsp3) is 0.235. The van der Waals surface area contributed by atoms with Gasteiger partial charge in [-0.25, -0.2) is 4.99 Å². The summed E-state index contributed by atoms with van der Waals surface area (Å²) in [6, 6.07) is 5.24. The third kappa shape index (κ3) is 4.01. The highest BCUT2D eigenvalue weighted by atomic mass is 16.5. The first kappa shape index (κ1) is 17.3. The molecule has 1 aliphatic carbocycles. The van der Waals surface area contributed by atoms with Gasteiger partial charge in [0.05, 0.1) is 42.0 Å². The fourth-order valence-corrected chi connectivity index (χ4v) is 2.25. The Balaban J connectivity index is 2.26. The molecule has 0 bridgehead atoms. The van der Waals surface area contributed by atoms with Gasteiger partial charge in [0.25, 0.3) is 0 Å². The molecule has 1 aromatic carbocycles. The van der Waals surface area contributed by atoms with E-state index in [1.807, 2.05) is 6.92 Å². The van der Waals surface area contributed by atoms with Crippen molar-refractivity contribution in [2.24, 2.45) is 10.7 Å². The van der Waals surface area contributed by atoms with E-state index in [1.165, 1.54) is 13.2 Å². The molecule has 24 heavy (non-hydrogen) atoms. The Morgan fingerprint density at radius 1 is 1.33 bits per heavy atom. The van der Waals surface area contributed by atoms with E-state index in [1.54, 1.807) is 24.3 Å². The quantitative estimate of drug-likeness (QED) is 0.482. The van der Waals surface area contributed by atoms with Gasteiger partial charge in [0.15, 0.2) is 0 Å². The van der Waals surface area contributed by atoms with Gasteiger partial charge in [-0.05, 0) is 30.7 Å². The minimum Gasteiger partial charge on any atom is -0.495 e. The van der Waals surface area contributed by atoms with Gasteiger partial charge in [0, 0.05) is 12.6 Å². The summed E-state index contributed by atoms with van der Waals surface area (Å²) in [6.07, 6.45) is 3.34. The van der Waals surface area contributed by atoms with E-state index in [0.717, 1.165) is 5.56 Å². The number of nitrogens with zero attached hydrogens (tertiary/aromatic N) is 1. The number of likely N-dealkylation sites (N-methyl/N-ethyl adjacent to an activating group) is 1. The van der Waals surface area contributed by atoms with E-state index in [4.69, 9.17) is 21.6 Å². The second-order valence-corrected chi connectivity index (χ2v) is 5.25. The number of hydrogen-bond donors (Lipinski definition) is 4. The molecule has 126 valence electrons. The predicted molar refractivity (Wildman–Crippen MR) is 95.4 cm³/mol. The summed E-state index contributed by atoms with van der Waals surface area (Å²) in [6.45, 7) is 2.46. The lowest BCUT2D eigenvalue weighted by atomic mass is 10.1. The largest absolute Gasteiger partial charge is 0.495 e. The monoisotopic (exact) mass is 327 g/mol. The Hall–Kier alpha value is -3.09. The summed E-state index contributed by atoms with van der Waals surface area (Å²) in [5, 5.41) is 10.7. The van der Waals surface area contributed by atoms with Crippen molar-refractivity contribution in [2.75, 3.05) is 19.4 Å². The maximum atomic E-state index is 11.6. The van der Waals surface area contributed by atoms with Crippen LogP contribution in [0.1, 0.15) is 12.5 Å². The van der Waals surface area contributed by atoms with Crippen molar-refractivity contribution in [3.05, 3.63) is 47.4 Å². The lowest BCUT2D eigenvalue weighted by Crippen LogP contribution is -2.24. The predicted octanol–water partition coefficient (Wildman–Crippen LogP) is 1.43. The zero-order valence-corrected chi connectivity index (χ0v) is 13.7. The van der Waals surface area contributed by atoms with Crippen LogP contribution in [0.3, 0.4) is 0 Å². The summed E-state index contributed by atoms with van der Waals surface area (Å²) >= 11 is 0. The van der Waals surface area contributed by atoms with Gasteiger partial charge in [-0.3, -0.25) is 10.2 Å². The minimum absolute atomic E-state index is 0.0571. The zero-order valence-electron chi connectivity index (χ0n) is 13.7. The molecule has 0 fully saturated rings. The Morgan fingerprint density at radius 2 is 2.08 bits per heavy atom. The molecule has 2 rings (SSSR count). The fourth-order valence-electron chi connectivity index (χ4n) is 2.25. The smallest absolute Gasteiger partial charge is 0.224 e. The van der Waals surface area contributed by atoms with Gasteiger partial charge >= 0.3 is 0 Å². The van der Waals surface area contributed by atoms with Crippen LogP contribution in [0.2, 0.25) is 0 Å². The van der Waals surface area contributed by atoms with Crippen molar-refractivity contribution in [3.8, 4) is 0 Å². The number of nitrogen functional groups attached to an aromatic ring is 1. The SMILES string of the molecule is CCNC(=O)Cc1ccc(N=C2C=C(OC)C(N)=CC2=N)c(N)c1. The molecule has 0 saturated carbocycles. The van der Waals surface area contributed by atoms with E-state index in [9.17, 15) is 4.79 Å². The normalized spacial score (nSPS) is 15.8. The maximum Gasteiger partial charge on any atom is 0.224 e. The third-order valence-electron chi connectivity index (χ3n) is 3.42. The Morgan fingerprint density at radius 3 is 2.71 bits per heavy atom. The highest BCUT2D eigenvalue weighted by molar-refractivity contribution is 6.50. The van der Waals surface area contributed by atoms with Crippen molar-refractivity contribution < 1.29 is 9.53 Å². The number of aliphatic imine (C=N–C) groups is 1. The molecule has 1 amide bonds. The van der Waals surface area contributed by atoms with Gasteiger partial charge in [0.1, 0.15) is 5.76 Å². The number of allylic oxidation sites excluding steroid dienone is 2. The topological polar surface area (TPSA) is 127 Å². The Labute approximate surface area is 140 Å². The Bertz CT molecular complexity index is 762. The molecule has 7 heteroatoms. The van der Waals surface area contributed by atoms with Gasteiger partial charge in [-0.1, -0.05) is 6.07 Å². The standard InChI is InChI=1S/C17H21N5O2/c1-3-21-17(23)7-10-4-5-14(11(18)6-10)22-15-9-16(24-2)13(20)8-12(15)19/h4-6,8-9,19H,3,7,18,20H2,1-2H3,(H,21,23). The number of carbonyl (C=O) groups excluding carboxylic acids is 1. The van der Waals surface area contributed by atoms with Crippen LogP contribution in [-0.2, 0) is 16.0 Å². The molecule has 1 aliphatic rings. The molecule has 0 saturated heterocycles. The van der Waals surface area contributed by atoms with Crippen LogP contribution in [0, 0.1) is 5.41 Å². The van der Waals surface area contributed by atoms with Crippen molar-refractivity contribution in [2.45, 2.75) is 13.3 Å². The molecule has 0 heterocycles. The number of hydrogen-bond acceptors (Lipinski definition) is 6. The molecule has 0 atom stereocenters. The van der Waals surface area contributed by atoms with Crippen LogP contribution in [-0.4, -0.2) is 31.0 Å². The van der Waals surface area contributed by atoms with Crippen LogP contribution in [0.5, 0.6) is 0 Å². The van der Waals surface area contributed by atoms with Crippen molar-refractivity contribution in [3.63, 3.8) is 0 Å². The van der Waals surface area contributed by atoms with Crippen LogP contribution in [0.25, 0.3) is 0 Å². The van der Waals surface area contributed by atoms with Crippen molar-refractivity contribution in [1.82, 2.24) is 5.32 Å². The maximum absolute atomic E-state index is 11.6. The van der Waals surface area contributed by atoms with Gasteiger partial charge in [-0.15, -0.1) is 0 Å². The molecule has 0 aromatic heterocycles. The first-order chi connectivity index (χ1) is 11.4. The first-order valence-corrected chi connectivity index (χ1v) is 7.50. The van der Waals surface area contributed by atoms with Crippen LogP contribution >= 0.6 is 0 Å². The summed E-state index contributed by atoms with van der Waals surface area (Å²) in [7, 11) is 1.50. The molecule has 0 unspecified atom stereocenters. The van der Waals surface area contributed by atoms with Crippen LogP contribution < -0.4 is 16.8 Å². The number of benzene rings is 1. The minimum atomic E-state index is -0.0571. The number of amides is 1. The number of anilines is 1. The summed E-state index contributed by atoms with van der Waals surface area (Å²) in [5.74, 6) is 0.398. The molecule has 1 aromatic rings. The lowest BCUT2D eigenvalue weighted by Gasteiger charge is -2.13. The summed E-state index contributed by atoms with van der Waals surface area (Å²) < 4.78 is 5.15. The Kier molecular flexibility index (Phi) is 5.36. The number of carbonyl (C=O) groups is 1. The van der Waals surface area contributed by atoms with Crippen LogP contribution in [0.4, 0.5) is 11.4 Å². The molecular formula is C17H21N5O2. The second kappa shape index (κ2) is 7.45. The number of ether oxygens (including phenoxy) is 1. The molecule has 0 aliphatic heterocycles. The first-order valence-electron chi connectivity index (χ1n) is 7.50. The zero-order chi connectivity index (χ0) is 17.7. The van der Waals surface area contributed by atoms with Crippen LogP contribution in [0.15, 0.2) is 46.8 Å². The summed E-state index contributed by atoms with van der Waals surface area (Å²) in [4.78, 5) is 16.0. The second-order valence-electron chi connectivity index (χ2n) is 5.25. The van der Waals surface area contributed by atoms with Crippen molar-refractivity contribution in [1.29, 1.82) is 5.41 Å². The molecule has 7 nitrogen and oxygen atoms in total. The lowest BCUT2D eigenvalue weighted by molar-refractivity contribution is -0.120. The molecule has 0 radical (unpaired) electrons. The molecular weight excluding hydrogens is 306 g/mol. The highest BCUT2D eigenvalue weighted by Gasteiger charge is 2.15.